The highest BCUT2D eigenvalue weighted by Gasteiger charge is 2.35. The van der Waals surface area contributed by atoms with Crippen LogP contribution >= 0.6 is 12.4 Å². The van der Waals surface area contributed by atoms with Crippen molar-refractivity contribution in [2.45, 2.75) is 18.8 Å². The molecule has 1 aliphatic rings. The number of hydrogen-bond donors (Lipinski definition) is 0. The van der Waals surface area contributed by atoms with Crippen molar-refractivity contribution in [3.8, 4) is 0 Å². The van der Waals surface area contributed by atoms with Crippen molar-refractivity contribution in [3.63, 3.8) is 0 Å². The second-order valence-electron chi connectivity index (χ2n) is 4.01. The zero-order valence-electron chi connectivity index (χ0n) is 9.23. The van der Waals surface area contributed by atoms with Crippen LogP contribution in [0.25, 0.3) is 0 Å². The number of nitrogens with zero attached hydrogens (tertiary/aromatic N) is 1. The maximum Gasteiger partial charge on any atom is 0.253 e. The van der Waals surface area contributed by atoms with Gasteiger partial charge in [-0.15, -0.1) is 12.4 Å². The Morgan fingerprint density at radius 2 is 1.65 bits per heavy atom. The van der Waals surface area contributed by atoms with E-state index in [2.05, 4.69) is 0 Å². The number of carbonyl (C=O) groups excluding carboxylic acids is 1. The third kappa shape index (κ3) is 3.40. The summed E-state index contributed by atoms with van der Waals surface area (Å²) in [6.45, 7) is 0.279. The summed E-state index contributed by atoms with van der Waals surface area (Å²) in [5, 5.41) is 0. The van der Waals surface area contributed by atoms with Crippen molar-refractivity contribution >= 4 is 18.3 Å². The zero-order chi connectivity index (χ0) is 11.6. The maximum atomic E-state index is 12.9. The molecule has 0 unspecified atom stereocenters. The highest BCUT2D eigenvalue weighted by Crippen LogP contribution is 2.28. The average Bonchev–Trinajstić information content (AvgIpc) is 2.29. The van der Waals surface area contributed by atoms with E-state index in [1.807, 2.05) is 6.07 Å². The molecule has 1 amide bonds. The fraction of sp³-hybridized carbons (Fsp3) is 0.417. The molecule has 1 fully saturated rings. The lowest BCUT2D eigenvalue weighted by molar-refractivity contribution is -0.0494. The highest BCUT2D eigenvalue weighted by atomic mass is 35.5. The van der Waals surface area contributed by atoms with E-state index in [4.69, 9.17) is 0 Å². The smallest absolute Gasteiger partial charge is 0.253 e. The first-order chi connectivity index (χ1) is 7.58. The molecule has 1 aliphatic heterocycles. The Morgan fingerprint density at radius 3 is 2.18 bits per heavy atom. The fourth-order valence-electron chi connectivity index (χ4n) is 1.80. The summed E-state index contributed by atoms with van der Waals surface area (Å²) in [5.41, 5.74) is 0.563. The molecule has 2 rings (SSSR count). The molecule has 1 saturated heterocycles. The largest absolute Gasteiger partial charge is 0.338 e. The third-order valence-corrected chi connectivity index (χ3v) is 2.80. The van der Waals surface area contributed by atoms with Gasteiger partial charge in [-0.1, -0.05) is 18.2 Å². The van der Waals surface area contributed by atoms with E-state index in [0.29, 0.717) is 5.56 Å². The van der Waals surface area contributed by atoms with Gasteiger partial charge in [-0.25, -0.2) is 8.78 Å². The predicted octanol–water partition coefficient (Wildman–Crippen LogP) is 2.98. The van der Waals surface area contributed by atoms with Gasteiger partial charge in [-0.2, -0.15) is 0 Å². The molecule has 0 radical (unpaired) electrons. The minimum absolute atomic E-state index is 0. The van der Waals surface area contributed by atoms with Gasteiger partial charge in [0.05, 0.1) is 0 Å². The Balaban J connectivity index is 0.00000144. The molecule has 0 bridgehead atoms. The third-order valence-electron chi connectivity index (χ3n) is 2.80. The Morgan fingerprint density at radius 1 is 1.12 bits per heavy atom. The van der Waals surface area contributed by atoms with Crippen LogP contribution < -0.4 is 0 Å². The normalized spacial score (nSPS) is 18.4. The van der Waals surface area contributed by atoms with Crippen LogP contribution in [0.3, 0.4) is 0 Å². The minimum Gasteiger partial charge on any atom is -0.338 e. The monoisotopic (exact) mass is 261 g/mol. The van der Waals surface area contributed by atoms with E-state index < -0.39 is 5.92 Å². The number of benzene rings is 1. The van der Waals surface area contributed by atoms with Crippen molar-refractivity contribution in [2.75, 3.05) is 13.1 Å². The first kappa shape index (κ1) is 13.9. The fourth-order valence-corrected chi connectivity index (χ4v) is 1.80. The second kappa shape index (κ2) is 5.45. The van der Waals surface area contributed by atoms with E-state index in [9.17, 15) is 13.6 Å². The van der Waals surface area contributed by atoms with Crippen molar-refractivity contribution < 1.29 is 13.6 Å². The molecule has 0 atom stereocenters. The standard InChI is InChI=1S/C12H13F2NO.ClH/c13-12(14)6-8-15(9-7-12)11(16)10-4-2-1-3-5-10;/h1-5H,6-9H2;1H. The van der Waals surface area contributed by atoms with Gasteiger partial charge >= 0.3 is 0 Å². The minimum atomic E-state index is -2.60. The lowest BCUT2D eigenvalue weighted by atomic mass is 10.1. The summed E-state index contributed by atoms with van der Waals surface area (Å²) < 4.78 is 25.8. The topological polar surface area (TPSA) is 20.3 Å². The van der Waals surface area contributed by atoms with Gasteiger partial charge in [0, 0.05) is 31.5 Å². The van der Waals surface area contributed by atoms with Crippen LogP contribution in [0.4, 0.5) is 8.78 Å². The van der Waals surface area contributed by atoms with Crippen molar-refractivity contribution in [3.05, 3.63) is 35.9 Å². The van der Waals surface area contributed by atoms with Gasteiger partial charge < -0.3 is 4.90 Å². The number of piperidine rings is 1. The van der Waals surface area contributed by atoms with Crippen LogP contribution in [0, 0.1) is 0 Å². The SMILES string of the molecule is Cl.O=C(c1ccccc1)N1CCC(F)(F)CC1. The molecule has 1 aromatic carbocycles. The summed E-state index contributed by atoms with van der Waals surface area (Å²) in [5.74, 6) is -2.76. The number of likely N-dealkylation sites (tertiary alicyclic amines) is 1. The Kier molecular flexibility index (Phi) is 4.46. The van der Waals surface area contributed by atoms with Gasteiger partial charge in [0.1, 0.15) is 0 Å². The van der Waals surface area contributed by atoms with Crippen LogP contribution in [-0.4, -0.2) is 29.8 Å². The molecule has 0 N–H and O–H groups in total. The summed E-state index contributed by atoms with van der Waals surface area (Å²) >= 11 is 0. The van der Waals surface area contributed by atoms with Crippen molar-refractivity contribution in [1.29, 1.82) is 0 Å². The van der Waals surface area contributed by atoms with Gasteiger partial charge in [0.25, 0.3) is 11.8 Å². The van der Waals surface area contributed by atoms with Gasteiger partial charge in [-0.05, 0) is 12.1 Å². The molecule has 0 saturated carbocycles. The van der Waals surface area contributed by atoms with Crippen LogP contribution in [0.5, 0.6) is 0 Å². The number of alkyl halides is 2. The van der Waals surface area contributed by atoms with E-state index in [-0.39, 0.29) is 44.2 Å². The van der Waals surface area contributed by atoms with Crippen LogP contribution in [-0.2, 0) is 0 Å². The summed E-state index contributed by atoms with van der Waals surface area (Å²) in [7, 11) is 0. The van der Waals surface area contributed by atoms with Gasteiger partial charge in [0.15, 0.2) is 0 Å². The van der Waals surface area contributed by atoms with E-state index >= 15 is 0 Å². The van der Waals surface area contributed by atoms with E-state index in [1.165, 1.54) is 4.90 Å². The van der Waals surface area contributed by atoms with Crippen LogP contribution in [0.1, 0.15) is 23.2 Å². The van der Waals surface area contributed by atoms with E-state index in [0.717, 1.165) is 0 Å². The molecule has 94 valence electrons. The molecular formula is C12H14ClF2NO. The van der Waals surface area contributed by atoms with Crippen LogP contribution in [0.15, 0.2) is 30.3 Å². The molecule has 0 aliphatic carbocycles. The molecule has 2 nitrogen and oxygen atoms in total. The lowest BCUT2D eigenvalue weighted by Crippen LogP contribution is -2.42. The molecular weight excluding hydrogens is 248 g/mol. The Bertz CT molecular complexity index is 373. The molecule has 1 heterocycles. The highest BCUT2D eigenvalue weighted by molar-refractivity contribution is 5.94. The summed E-state index contributed by atoms with van der Waals surface area (Å²) in [6, 6.07) is 8.77. The Labute approximate surface area is 105 Å². The second-order valence-corrected chi connectivity index (χ2v) is 4.01. The number of halogens is 3. The molecule has 5 heteroatoms. The number of hydrogen-bond acceptors (Lipinski definition) is 1. The lowest BCUT2D eigenvalue weighted by Gasteiger charge is -2.31. The van der Waals surface area contributed by atoms with E-state index in [1.54, 1.807) is 24.3 Å². The summed E-state index contributed by atoms with van der Waals surface area (Å²) in [6.07, 6.45) is -0.461. The molecule has 1 aromatic rings. The Hall–Kier alpha value is -1.16. The predicted molar refractivity (Wildman–Crippen MR) is 63.8 cm³/mol. The quantitative estimate of drug-likeness (QED) is 0.761. The first-order valence-corrected chi connectivity index (χ1v) is 5.31. The maximum absolute atomic E-state index is 12.9. The molecule has 0 aromatic heterocycles. The summed E-state index contributed by atoms with van der Waals surface area (Å²) in [4.78, 5) is 13.4. The number of amides is 1. The van der Waals surface area contributed by atoms with Crippen LogP contribution in [0.2, 0.25) is 0 Å². The first-order valence-electron chi connectivity index (χ1n) is 5.31. The van der Waals surface area contributed by atoms with Crippen molar-refractivity contribution in [1.82, 2.24) is 4.90 Å². The van der Waals surface area contributed by atoms with Crippen molar-refractivity contribution in [2.24, 2.45) is 0 Å². The van der Waals surface area contributed by atoms with Gasteiger partial charge in [0.2, 0.25) is 0 Å². The molecule has 17 heavy (non-hydrogen) atoms. The zero-order valence-corrected chi connectivity index (χ0v) is 10.1. The molecule has 0 spiro atoms. The van der Waals surface area contributed by atoms with Gasteiger partial charge in [-0.3, -0.25) is 4.79 Å². The average molecular weight is 262 g/mol. The number of rotatable bonds is 1. The number of carbonyl (C=O) groups is 1.